The van der Waals surface area contributed by atoms with Gasteiger partial charge in [0.1, 0.15) is 11.6 Å². The van der Waals surface area contributed by atoms with Crippen LogP contribution >= 0.6 is 0 Å². The lowest BCUT2D eigenvalue weighted by Gasteiger charge is -2.37. The van der Waals surface area contributed by atoms with E-state index in [4.69, 9.17) is 15.5 Å². The number of nitrogens with one attached hydrogen (secondary N) is 2. The number of nitriles is 1. The van der Waals surface area contributed by atoms with E-state index in [1.807, 2.05) is 11.9 Å². The zero-order valence-corrected chi connectivity index (χ0v) is 22.3. The van der Waals surface area contributed by atoms with E-state index in [1.165, 1.54) is 6.42 Å². The predicted octanol–water partition coefficient (Wildman–Crippen LogP) is 1.73. The summed E-state index contributed by atoms with van der Waals surface area (Å²) in [6, 6.07) is 1.61. The smallest absolute Gasteiger partial charge is 0.413 e. The summed E-state index contributed by atoms with van der Waals surface area (Å²) < 4.78 is 5.10. The van der Waals surface area contributed by atoms with Crippen molar-refractivity contribution in [3.8, 4) is 6.07 Å². The van der Waals surface area contributed by atoms with Crippen LogP contribution in [0.4, 0.5) is 4.79 Å². The Kier molecular flexibility index (Phi) is 10.6. The molecule has 2 saturated heterocycles. The SMILES string of the molecule is CCOC(=O)NC(=N[C@@H](CC1CCCCC1)C(=O)NC1(C#N)CCN(C)CC1)N1CCC(C(N)=O)CC1. The molecule has 2 heterocycles. The number of aliphatic imine (C=N–C) groups is 1. The van der Waals surface area contributed by atoms with Gasteiger partial charge in [0, 0.05) is 32.1 Å². The number of nitrogens with two attached hydrogens (primary N) is 1. The highest BCUT2D eigenvalue weighted by molar-refractivity contribution is 5.96. The quantitative estimate of drug-likeness (QED) is 0.343. The molecule has 206 valence electrons. The highest BCUT2D eigenvalue weighted by Crippen LogP contribution is 2.29. The Labute approximate surface area is 220 Å². The molecule has 0 aromatic rings. The molecule has 0 unspecified atom stereocenters. The molecule has 1 aliphatic carbocycles. The lowest BCUT2D eigenvalue weighted by molar-refractivity contribution is -0.124. The summed E-state index contributed by atoms with van der Waals surface area (Å²) in [6.07, 6.45) is 7.66. The summed E-state index contributed by atoms with van der Waals surface area (Å²) in [5.41, 5.74) is 4.58. The molecule has 2 aliphatic heterocycles. The van der Waals surface area contributed by atoms with Gasteiger partial charge in [-0.05, 0) is 52.0 Å². The van der Waals surface area contributed by atoms with Crippen molar-refractivity contribution < 1.29 is 19.1 Å². The molecule has 3 aliphatic rings. The standard InChI is InChI=1S/C26H43N7O4/c1-3-37-25(36)30-24(33-13-9-20(10-14-33)22(28)34)29-21(17-19-7-5-4-6-8-19)23(35)31-26(18-27)11-15-32(2)16-12-26/h19-21H,3-17H2,1-2H3,(H2,28,34)(H,31,35)(H,29,30,36)/t21-/m0/s1. The third-order valence-corrected chi connectivity index (χ3v) is 7.97. The van der Waals surface area contributed by atoms with Gasteiger partial charge in [-0.1, -0.05) is 32.1 Å². The zero-order valence-electron chi connectivity index (χ0n) is 22.3. The maximum absolute atomic E-state index is 13.7. The number of piperidine rings is 2. The Balaban J connectivity index is 1.85. The van der Waals surface area contributed by atoms with Gasteiger partial charge in [0.05, 0.1) is 12.7 Å². The van der Waals surface area contributed by atoms with E-state index >= 15 is 0 Å². The number of hydrogen-bond donors (Lipinski definition) is 3. The second-order valence-electron chi connectivity index (χ2n) is 10.7. The molecule has 3 fully saturated rings. The fraction of sp³-hybridized carbons (Fsp3) is 0.808. The van der Waals surface area contributed by atoms with Gasteiger partial charge >= 0.3 is 6.09 Å². The minimum Gasteiger partial charge on any atom is -0.450 e. The molecule has 11 heteroatoms. The van der Waals surface area contributed by atoms with Crippen molar-refractivity contribution in [2.24, 2.45) is 22.6 Å². The molecule has 1 atom stereocenters. The van der Waals surface area contributed by atoms with Crippen molar-refractivity contribution >= 4 is 23.9 Å². The molecule has 37 heavy (non-hydrogen) atoms. The van der Waals surface area contributed by atoms with Crippen LogP contribution in [0.15, 0.2) is 4.99 Å². The molecule has 4 N–H and O–H groups in total. The van der Waals surface area contributed by atoms with Crippen molar-refractivity contribution in [2.75, 3.05) is 39.8 Å². The molecule has 3 rings (SSSR count). The number of amides is 3. The van der Waals surface area contributed by atoms with E-state index in [9.17, 15) is 19.6 Å². The second-order valence-corrected chi connectivity index (χ2v) is 10.7. The van der Waals surface area contributed by atoms with Gasteiger partial charge in [0.25, 0.3) is 0 Å². The Morgan fingerprint density at radius 1 is 1.11 bits per heavy atom. The molecule has 11 nitrogen and oxygen atoms in total. The molecule has 0 aromatic carbocycles. The lowest BCUT2D eigenvalue weighted by atomic mass is 9.84. The van der Waals surface area contributed by atoms with Crippen LogP contribution in [0.2, 0.25) is 0 Å². The predicted molar refractivity (Wildman–Crippen MR) is 139 cm³/mol. The third kappa shape index (κ3) is 8.32. The first-order chi connectivity index (χ1) is 17.7. The molecule has 0 aromatic heterocycles. The molecule has 0 spiro atoms. The molecule has 3 amide bonds. The van der Waals surface area contributed by atoms with Crippen LogP contribution in [0.3, 0.4) is 0 Å². The van der Waals surface area contributed by atoms with Crippen LogP contribution in [0, 0.1) is 23.2 Å². The van der Waals surface area contributed by atoms with Crippen LogP contribution in [-0.4, -0.2) is 85.1 Å². The maximum atomic E-state index is 13.7. The number of guanidine groups is 1. The monoisotopic (exact) mass is 517 g/mol. The number of rotatable bonds is 7. The van der Waals surface area contributed by atoms with Crippen molar-refractivity contribution in [1.29, 1.82) is 5.26 Å². The minimum atomic E-state index is -0.918. The van der Waals surface area contributed by atoms with E-state index in [0.29, 0.717) is 51.1 Å². The minimum absolute atomic E-state index is 0.202. The summed E-state index contributed by atoms with van der Waals surface area (Å²) in [5.74, 6) is -0.209. The Morgan fingerprint density at radius 3 is 2.32 bits per heavy atom. The summed E-state index contributed by atoms with van der Waals surface area (Å²) >= 11 is 0. The number of likely N-dealkylation sites (tertiary alicyclic amines) is 2. The summed E-state index contributed by atoms with van der Waals surface area (Å²) in [5, 5.41) is 15.8. The van der Waals surface area contributed by atoms with Crippen molar-refractivity contribution in [1.82, 2.24) is 20.4 Å². The highest BCUT2D eigenvalue weighted by Gasteiger charge is 2.38. The van der Waals surface area contributed by atoms with Gasteiger partial charge in [0.15, 0.2) is 0 Å². The van der Waals surface area contributed by atoms with E-state index in [1.54, 1.807) is 6.92 Å². The van der Waals surface area contributed by atoms with Gasteiger partial charge in [-0.2, -0.15) is 5.26 Å². The third-order valence-electron chi connectivity index (χ3n) is 7.97. The van der Waals surface area contributed by atoms with Crippen molar-refractivity contribution in [3.63, 3.8) is 0 Å². The second kappa shape index (κ2) is 13.6. The molecule has 1 saturated carbocycles. The number of carbonyl (C=O) groups is 3. The van der Waals surface area contributed by atoms with Gasteiger partial charge in [-0.3, -0.25) is 14.9 Å². The molecular formula is C26H43N7O4. The first kappa shape index (κ1) is 28.7. The normalized spacial score (nSPS) is 22.5. The number of carbonyl (C=O) groups excluding carboxylic acids is 3. The maximum Gasteiger partial charge on any atom is 0.413 e. The summed E-state index contributed by atoms with van der Waals surface area (Å²) in [4.78, 5) is 46.6. The zero-order chi connectivity index (χ0) is 26.8. The van der Waals surface area contributed by atoms with Crippen LogP contribution in [0.5, 0.6) is 0 Å². The average molecular weight is 518 g/mol. The first-order valence-corrected chi connectivity index (χ1v) is 13.7. The van der Waals surface area contributed by atoms with Crippen LogP contribution in [-0.2, 0) is 14.3 Å². The largest absolute Gasteiger partial charge is 0.450 e. The highest BCUT2D eigenvalue weighted by atomic mass is 16.5. The van der Waals surface area contributed by atoms with Crippen molar-refractivity contribution in [3.05, 3.63) is 0 Å². The number of hydrogen-bond acceptors (Lipinski definition) is 7. The van der Waals surface area contributed by atoms with Crippen LogP contribution in [0.1, 0.15) is 71.1 Å². The number of alkyl carbamates (subject to hydrolysis) is 1. The number of ether oxygens (including phenoxy) is 1. The molecular weight excluding hydrogens is 474 g/mol. The van der Waals surface area contributed by atoms with Crippen LogP contribution in [0.25, 0.3) is 0 Å². The van der Waals surface area contributed by atoms with Gasteiger partial charge < -0.3 is 25.6 Å². The fourth-order valence-corrected chi connectivity index (χ4v) is 5.52. The van der Waals surface area contributed by atoms with Gasteiger partial charge in [0.2, 0.25) is 17.8 Å². The van der Waals surface area contributed by atoms with Crippen molar-refractivity contribution in [2.45, 2.75) is 82.7 Å². The number of primary amides is 1. The molecule has 0 radical (unpaired) electrons. The fourth-order valence-electron chi connectivity index (χ4n) is 5.52. The number of nitrogens with zero attached hydrogens (tertiary/aromatic N) is 4. The van der Waals surface area contributed by atoms with Gasteiger partial charge in [-0.25, -0.2) is 9.79 Å². The average Bonchev–Trinajstić information content (AvgIpc) is 2.90. The topological polar surface area (TPSA) is 153 Å². The van der Waals surface area contributed by atoms with E-state index in [2.05, 4.69) is 21.6 Å². The summed E-state index contributed by atoms with van der Waals surface area (Å²) in [6.45, 7) is 4.34. The summed E-state index contributed by atoms with van der Waals surface area (Å²) in [7, 11) is 2.01. The molecule has 0 bridgehead atoms. The van der Waals surface area contributed by atoms with E-state index < -0.39 is 17.7 Å². The van der Waals surface area contributed by atoms with E-state index in [0.717, 1.165) is 38.8 Å². The first-order valence-electron chi connectivity index (χ1n) is 13.7. The van der Waals surface area contributed by atoms with Crippen LogP contribution < -0.4 is 16.4 Å². The lowest BCUT2D eigenvalue weighted by Crippen LogP contribution is -2.56. The van der Waals surface area contributed by atoms with Gasteiger partial charge in [-0.15, -0.1) is 0 Å². The Hall–Kier alpha value is -2.87. The Bertz CT molecular complexity index is 865. The van der Waals surface area contributed by atoms with E-state index in [-0.39, 0.29) is 30.3 Å². The Morgan fingerprint density at radius 2 is 1.76 bits per heavy atom.